The summed E-state index contributed by atoms with van der Waals surface area (Å²) < 4.78 is 5.24. The summed E-state index contributed by atoms with van der Waals surface area (Å²) in [6, 6.07) is 6.57. The molecular weight excluding hydrogens is 338 g/mol. The zero-order chi connectivity index (χ0) is 19.1. The molecule has 1 aliphatic heterocycles. The molecule has 0 bridgehead atoms. The highest BCUT2D eigenvalue weighted by Crippen LogP contribution is 2.31. The molecule has 1 aliphatic rings. The smallest absolute Gasteiger partial charge is 0.309 e. The fraction of sp³-hybridized carbons (Fsp3) is 0.444. The standard InChI is InChI=1S/C18H23N3O5/c1-3-10-19-17(22)13(2)26-18(23)14-8-11-20(12-9-14)15-6-4-5-7-16(15)21(24)25/h3-7,13-14H,1,8-12H2,2H3,(H,19,22)/t13-/m0/s1. The lowest BCUT2D eigenvalue weighted by molar-refractivity contribution is -0.384. The number of hydrogen-bond acceptors (Lipinski definition) is 6. The van der Waals surface area contributed by atoms with E-state index in [0.29, 0.717) is 38.2 Å². The van der Waals surface area contributed by atoms with Gasteiger partial charge in [-0.1, -0.05) is 18.2 Å². The molecule has 140 valence electrons. The van der Waals surface area contributed by atoms with Crippen molar-refractivity contribution in [3.8, 4) is 0 Å². The molecule has 1 aromatic carbocycles. The predicted molar refractivity (Wildman–Crippen MR) is 96.8 cm³/mol. The number of nitro groups is 1. The monoisotopic (exact) mass is 361 g/mol. The third-order valence-corrected chi connectivity index (χ3v) is 4.33. The number of para-hydroxylation sites is 2. The summed E-state index contributed by atoms with van der Waals surface area (Å²) in [5.74, 6) is -1.09. The van der Waals surface area contributed by atoms with Gasteiger partial charge in [0.05, 0.1) is 10.8 Å². The Morgan fingerprint density at radius 1 is 1.42 bits per heavy atom. The lowest BCUT2D eigenvalue weighted by Gasteiger charge is -2.32. The van der Waals surface area contributed by atoms with Crippen LogP contribution in [0.5, 0.6) is 0 Å². The molecule has 8 nitrogen and oxygen atoms in total. The molecule has 1 N–H and O–H groups in total. The number of nitrogens with zero attached hydrogens (tertiary/aromatic N) is 2. The van der Waals surface area contributed by atoms with Crippen LogP contribution >= 0.6 is 0 Å². The Morgan fingerprint density at radius 3 is 2.69 bits per heavy atom. The Morgan fingerprint density at radius 2 is 2.08 bits per heavy atom. The van der Waals surface area contributed by atoms with Crippen LogP contribution in [0.2, 0.25) is 0 Å². The average Bonchev–Trinajstić information content (AvgIpc) is 2.66. The van der Waals surface area contributed by atoms with Crippen LogP contribution in [0.4, 0.5) is 11.4 Å². The molecule has 2 rings (SSSR count). The number of amides is 1. The van der Waals surface area contributed by atoms with Crippen molar-refractivity contribution in [1.29, 1.82) is 0 Å². The van der Waals surface area contributed by atoms with Gasteiger partial charge in [0.25, 0.3) is 11.6 Å². The van der Waals surface area contributed by atoms with Gasteiger partial charge in [0.1, 0.15) is 5.69 Å². The quantitative estimate of drug-likeness (QED) is 0.345. The van der Waals surface area contributed by atoms with Gasteiger partial charge < -0.3 is 15.0 Å². The van der Waals surface area contributed by atoms with Crippen molar-refractivity contribution >= 4 is 23.3 Å². The van der Waals surface area contributed by atoms with Gasteiger partial charge in [0.15, 0.2) is 6.10 Å². The van der Waals surface area contributed by atoms with E-state index in [0.717, 1.165) is 0 Å². The summed E-state index contributed by atoms with van der Waals surface area (Å²) in [6.07, 6.45) is 1.72. The number of hydrogen-bond donors (Lipinski definition) is 1. The normalized spacial score (nSPS) is 15.8. The molecule has 1 fully saturated rings. The van der Waals surface area contributed by atoms with Gasteiger partial charge in [-0.15, -0.1) is 6.58 Å². The van der Waals surface area contributed by atoms with Crippen molar-refractivity contribution in [2.75, 3.05) is 24.5 Å². The largest absolute Gasteiger partial charge is 0.452 e. The average molecular weight is 361 g/mol. The number of ether oxygens (including phenoxy) is 1. The van der Waals surface area contributed by atoms with E-state index in [9.17, 15) is 19.7 Å². The number of anilines is 1. The van der Waals surface area contributed by atoms with Crippen molar-refractivity contribution in [3.05, 3.63) is 47.0 Å². The Kier molecular flexibility index (Phi) is 6.71. The summed E-state index contributed by atoms with van der Waals surface area (Å²) in [5.41, 5.74) is 0.613. The number of rotatable bonds is 7. The molecule has 0 unspecified atom stereocenters. The van der Waals surface area contributed by atoms with Gasteiger partial charge >= 0.3 is 5.97 Å². The van der Waals surface area contributed by atoms with E-state index in [1.54, 1.807) is 24.3 Å². The zero-order valence-corrected chi connectivity index (χ0v) is 14.7. The molecule has 26 heavy (non-hydrogen) atoms. The first-order chi connectivity index (χ1) is 12.4. The van der Waals surface area contributed by atoms with E-state index in [1.165, 1.54) is 13.0 Å². The van der Waals surface area contributed by atoms with Crippen molar-refractivity contribution in [1.82, 2.24) is 5.32 Å². The predicted octanol–water partition coefficient (Wildman–Crippen LogP) is 2.05. The second-order valence-corrected chi connectivity index (χ2v) is 6.12. The zero-order valence-electron chi connectivity index (χ0n) is 14.7. The van der Waals surface area contributed by atoms with Gasteiger partial charge in [0.2, 0.25) is 0 Å². The van der Waals surface area contributed by atoms with Crippen LogP contribution in [0.15, 0.2) is 36.9 Å². The molecule has 1 amide bonds. The summed E-state index contributed by atoms with van der Waals surface area (Å²) >= 11 is 0. The van der Waals surface area contributed by atoms with Crippen molar-refractivity contribution in [2.24, 2.45) is 5.92 Å². The molecular formula is C18H23N3O5. The number of esters is 1. The van der Waals surface area contributed by atoms with E-state index in [4.69, 9.17) is 4.74 Å². The second kappa shape index (κ2) is 8.98. The second-order valence-electron chi connectivity index (χ2n) is 6.12. The molecule has 0 radical (unpaired) electrons. The number of carbonyl (C=O) groups is 2. The molecule has 0 aromatic heterocycles. The highest BCUT2D eigenvalue weighted by molar-refractivity contribution is 5.84. The fourth-order valence-corrected chi connectivity index (χ4v) is 2.88. The third kappa shape index (κ3) is 4.81. The fourth-order valence-electron chi connectivity index (χ4n) is 2.88. The number of piperidine rings is 1. The maximum Gasteiger partial charge on any atom is 0.309 e. The molecule has 1 aromatic rings. The summed E-state index contributed by atoms with van der Waals surface area (Å²) in [6.45, 7) is 6.38. The van der Waals surface area contributed by atoms with Gasteiger partial charge in [-0.2, -0.15) is 0 Å². The van der Waals surface area contributed by atoms with Crippen LogP contribution in [0, 0.1) is 16.0 Å². The number of carbonyl (C=O) groups excluding carboxylic acids is 2. The van der Waals surface area contributed by atoms with E-state index in [-0.39, 0.29) is 17.5 Å². The molecule has 1 atom stereocenters. The number of nitrogens with one attached hydrogen (secondary N) is 1. The van der Waals surface area contributed by atoms with E-state index in [2.05, 4.69) is 11.9 Å². The Labute approximate surface area is 152 Å². The summed E-state index contributed by atoms with van der Waals surface area (Å²) in [5, 5.41) is 13.7. The number of nitro benzene ring substituents is 1. The van der Waals surface area contributed by atoms with Crippen LogP contribution in [0.25, 0.3) is 0 Å². The molecule has 8 heteroatoms. The van der Waals surface area contributed by atoms with Crippen molar-refractivity contribution < 1.29 is 19.2 Å². The highest BCUT2D eigenvalue weighted by atomic mass is 16.6. The van der Waals surface area contributed by atoms with E-state index < -0.39 is 17.0 Å². The Bertz CT molecular complexity index is 683. The summed E-state index contributed by atoms with van der Waals surface area (Å²) in [4.78, 5) is 36.7. The van der Waals surface area contributed by atoms with Crippen LogP contribution in [-0.2, 0) is 14.3 Å². The highest BCUT2D eigenvalue weighted by Gasteiger charge is 2.30. The van der Waals surface area contributed by atoms with E-state index >= 15 is 0 Å². The molecule has 0 aliphatic carbocycles. The van der Waals surface area contributed by atoms with E-state index in [1.807, 2.05) is 4.90 Å². The van der Waals surface area contributed by atoms with Gasteiger partial charge in [-0.05, 0) is 25.8 Å². The number of benzene rings is 1. The molecule has 0 saturated carbocycles. The first-order valence-electron chi connectivity index (χ1n) is 8.51. The molecule has 1 saturated heterocycles. The van der Waals surface area contributed by atoms with Crippen LogP contribution < -0.4 is 10.2 Å². The maximum absolute atomic E-state index is 12.3. The minimum atomic E-state index is -0.865. The summed E-state index contributed by atoms with van der Waals surface area (Å²) in [7, 11) is 0. The topological polar surface area (TPSA) is 102 Å². The SMILES string of the molecule is C=CCNC(=O)[C@H](C)OC(=O)C1CCN(c2ccccc2[N+](=O)[O-])CC1. The first-order valence-corrected chi connectivity index (χ1v) is 8.51. The first kappa shape index (κ1) is 19.4. The minimum absolute atomic E-state index is 0.0565. The van der Waals surface area contributed by atoms with Crippen LogP contribution in [0.1, 0.15) is 19.8 Å². The van der Waals surface area contributed by atoms with Crippen LogP contribution in [-0.4, -0.2) is 42.5 Å². The van der Waals surface area contributed by atoms with Gasteiger partial charge in [0, 0.05) is 25.7 Å². The van der Waals surface area contributed by atoms with Crippen molar-refractivity contribution in [3.63, 3.8) is 0 Å². The van der Waals surface area contributed by atoms with Crippen LogP contribution in [0.3, 0.4) is 0 Å². The Balaban J connectivity index is 1.90. The molecule has 1 heterocycles. The van der Waals surface area contributed by atoms with Gasteiger partial charge in [-0.25, -0.2) is 0 Å². The maximum atomic E-state index is 12.3. The third-order valence-electron chi connectivity index (χ3n) is 4.33. The minimum Gasteiger partial charge on any atom is -0.452 e. The van der Waals surface area contributed by atoms with Gasteiger partial charge in [-0.3, -0.25) is 19.7 Å². The van der Waals surface area contributed by atoms with Crippen molar-refractivity contribution in [2.45, 2.75) is 25.9 Å². The Hall–Kier alpha value is -2.90. The lowest BCUT2D eigenvalue weighted by atomic mass is 9.96. The molecule has 0 spiro atoms. The lowest BCUT2D eigenvalue weighted by Crippen LogP contribution is -2.40.